The second-order valence-electron chi connectivity index (χ2n) is 4.10. The van der Waals surface area contributed by atoms with Crippen molar-refractivity contribution < 1.29 is 9.18 Å². The molecule has 1 N–H and O–H groups in total. The number of rotatable bonds is 4. The van der Waals surface area contributed by atoms with Crippen molar-refractivity contribution in [2.24, 2.45) is 0 Å². The number of nitrogens with one attached hydrogen (secondary N) is 1. The average Bonchev–Trinajstić information content (AvgIpc) is 2.81. The quantitative estimate of drug-likeness (QED) is 0.902. The van der Waals surface area contributed by atoms with Gasteiger partial charge in [0, 0.05) is 24.5 Å². The summed E-state index contributed by atoms with van der Waals surface area (Å²) in [5.41, 5.74) is 0.465. The first kappa shape index (κ1) is 12.3. The van der Waals surface area contributed by atoms with Crippen LogP contribution in [0.4, 0.5) is 10.1 Å². The number of carbonyl (C=O) groups is 1. The number of hydrogen-bond acceptors (Lipinski definition) is 2. The molecule has 18 heavy (non-hydrogen) atoms. The van der Waals surface area contributed by atoms with Gasteiger partial charge in [0.25, 0.3) is 0 Å². The molecule has 5 heteroatoms. The first-order valence-corrected chi connectivity index (χ1v) is 5.69. The van der Waals surface area contributed by atoms with Gasteiger partial charge in [-0.1, -0.05) is 6.07 Å². The van der Waals surface area contributed by atoms with E-state index in [0.29, 0.717) is 5.69 Å². The van der Waals surface area contributed by atoms with Gasteiger partial charge in [-0.3, -0.25) is 9.48 Å². The summed E-state index contributed by atoms with van der Waals surface area (Å²) in [6.07, 6.45) is 3.76. The van der Waals surface area contributed by atoms with E-state index in [1.807, 2.05) is 6.92 Å². The number of halogens is 1. The number of aromatic nitrogens is 2. The Labute approximate surface area is 104 Å². The fourth-order valence-corrected chi connectivity index (χ4v) is 1.68. The third-order valence-electron chi connectivity index (χ3n) is 2.57. The van der Waals surface area contributed by atoms with E-state index in [0.717, 1.165) is 0 Å². The molecule has 0 aliphatic carbocycles. The lowest BCUT2D eigenvalue weighted by Gasteiger charge is -2.12. The number of amides is 1. The predicted octanol–water partition coefficient (Wildman–Crippen LogP) is 2.61. The molecule has 0 aliphatic heterocycles. The molecule has 94 valence electrons. The van der Waals surface area contributed by atoms with E-state index >= 15 is 0 Å². The molecule has 2 rings (SSSR count). The van der Waals surface area contributed by atoms with Crippen molar-refractivity contribution in [1.82, 2.24) is 9.78 Å². The van der Waals surface area contributed by atoms with E-state index in [1.165, 1.54) is 12.1 Å². The normalized spacial score (nSPS) is 12.1. The lowest BCUT2D eigenvalue weighted by atomic mass is 10.2. The van der Waals surface area contributed by atoms with Crippen LogP contribution in [-0.4, -0.2) is 15.7 Å². The first-order valence-electron chi connectivity index (χ1n) is 5.69. The minimum absolute atomic E-state index is 0.0337. The van der Waals surface area contributed by atoms with E-state index in [-0.39, 0.29) is 24.2 Å². The number of anilines is 1. The Morgan fingerprint density at radius 1 is 1.50 bits per heavy atom. The van der Waals surface area contributed by atoms with Crippen molar-refractivity contribution in [3.8, 4) is 0 Å². The topological polar surface area (TPSA) is 46.9 Å². The molecule has 0 bridgehead atoms. The predicted molar refractivity (Wildman–Crippen MR) is 66.6 cm³/mol. The Morgan fingerprint density at radius 2 is 2.33 bits per heavy atom. The molecule has 1 aromatic carbocycles. The van der Waals surface area contributed by atoms with Crippen molar-refractivity contribution in [3.05, 3.63) is 48.5 Å². The molecule has 0 fully saturated rings. The first-order chi connectivity index (χ1) is 8.65. The van der Waals surface area contributed by atoms with Gasteiger partial charge in [0.05, 0.1) is 6.04 Å². The van der Waals surface area contributed by atoms with Crippen LogP contribution >= 0.6 is 0 Å². The lowest BCUT2D eigenvalue weighted by Crippen LogP contribution is -2.17. The van der Waals surface area contributed by atoms with Gasteiger partial charge in [0.1, 0.15) is 5.82 Å². The monoisotopic (exact) mass is 247 g/mol. The van der Waals surface area contributed by atoms with Crippen molar-refractivity contribution >= 4 is 11.6 Å². The van der Waals surface area contributed by atoms with Crippen molar-refractivity contribution in [2.75, 3.05) is 5.32 Å². The summed E-state index contributed by atoms with van der Waals surface area (Å²) in [5, 5.41) is 6.72. The maximum absolute atomic E-state index is 12.9. The smallest absolute Gasteiger partial charge is 0.226 e. The zero-order chi connectivity index (χ0) is 13.0. The molecule has 0 saturated carbocycles. The van der Waals surface area contributed by atoms with E-state index in [4.69, 9.17) is 0 Å². The van der Waals surface area contributed by atoms with Crippen molar-refractivity contribution in [1.29, 1.82) is 0 Å². The number of nitrogens with zero attached hydrogens (tertiary/aromatic N) is 2. The minimum atomic E-state index is -0.368. The molecule has 0 spiro atoms. The summed E-state index contributed by atoms with van der Waals surface area (Å²) < 4.78 is 14.7. The molecule has 4 nitrogen and oxygen atoms in total. The Morgan fingerprint density at radius 3 is 3.00 bits per heavy atom. The summed E-state index contributed by atoms with van der Waals surface area (Å²) in [5.74, 6) is -0.531. The van der Waals surface area contributed by atoms with Crippen LogP contribution in [0.25, 0.3) is 0 Å². The summed E-state index contributed by atoms with van der Waals surface area (Å²) in [7, 11) is 0. The zero-order valence-corrected chi connectivity index (χ0v) is 10.0. The molecule has 1 atom stereocenters. The lowest BCUT2D eigenvalue weighted by molar-refractivity contribution is -0.116. The molecule has 0 saturated heterocycles. The summed E-state index contributed by atoms with van der Waals surface area (Å²) in [4.78, 5) is 11.8. The van der Waals surface area contributed by atoms with Crippen LogP contribution in [0, 0.1) is 5.82 Å². The molecule has 0 aliphatic rings. The third-order valence-corrected chi connectivity index (χ3v) is 2.57. The van der Waals surface area contributed by atoms with Crippen LogP contribution < -0.4 is 5.32 Å². The van der Waals surface area contributed by atoms with E-state index in [1.54, 1.807) is 35.3 Å². The summed E-state index contributed by atoms with van der Waals surface area (Å²) in [6, 6.07) is 7.61. The largest absolute Gasteiger partial charge is 0.326 e. The van der Waals surface area contributed by atoms with Crippen molar-refractivity contribution in [2.45, 2.75) is 19.4 Å². The van der Waals surface area contributed by atoms with Gasteiger partial charge >= 0.3 is 0 Å². The Bertz CT molecular complexity index is 525. The minimum Gasteiger partial charge on any atom is -0.326 e. The Hall–Kier alpha value is -2.17. The van der Waals surface area contributed by atoms with Crippen LogP contribution in [0.1, 0.15) is 19.4 Å². The van der Waals surface area contributed by atoms with Gasteiger partial charge in [0.15, 0.2) is 0 Å². The van der Waals surface area contributed by atoms with Gasteiger partial charge in [0.2, 0.25) is 5.91 Å². The van der Waals surface area contributed by atoms with Crippen LogP contribution in [0.5, 0.6) is 0 Å². The van der Waals surface area contributed by atoms with Crippen molar-refractivity contribution in [3.63, 3.8) is 0 Å². The van der Waals surface area contributed by atoms with Gasteiger partial charge < -0.3 is 5.32 Å². The summed E-state index contributed by atoms with van der Waals surface area (Å²) in [6.45, 7) is 1.90. The van der Waals surface area contributed by atoms with E-state index < -0.39 is 0 Å². The molecule has 1 heterocycles. The maximum Gasteiger partial charge on any atom is 0.226 e. The Kier molecular flexibility index (Phi) is 3.72. The highest BCUT2D eigenvalue weighted by Gasteiger charge is 2.11. The molecule has 1 aromatic heterocycles. The standard InChI is InChI=1S/C13H14FN3O/c1-10(17-7-3-6-15-17)8-13(18)16-12-5-2-4-11(14)9-12/h2-7,9-10H,8H2,1H3,(H,16,18)/t10-/m1/s1. The molecule has 0 unspecified atom stereocenters. The highest BCUT2D eigenvalue weighted by molar-refractivity contribution is 5.90. The molecular formula is C13H14FN3O. The fourth-order valence-electron chi connectivity index (χ4n) is 1.68. The van der Waals surface area contributed by atoms with E-state index in [2.05, 4.69) is 10.4 Å². The number of hydrogen-bond donors (Lipinski definition) is 1. The number of benzene rings is 1. The van der Waals surface area contributed by atoms with Crippen LogP contribution in [0.3, 0.4) is 0 Å². The van der Waals surface area contributed by atoms with Gasteiger partial charge in [-0.05, 0) is 31.2 Å². The third kappa shape index (κ3) is 3.16. The second-order valence-corrected chi connectivity index (χ2v) is 4.10. The highest BCUT2D eigenvalue weighted by Crippen LogP contribution is 2.13. The SMILES string of the molecule is C[C@H](CC(=O)Nc1cccc(F)c1)n1cccn1. The van der Waals surface area contributed by atoms with Gasteiger partial charge in [-0.2, -0.15) is 5.10 Å². The van der Waals surface area contributed by atoms with Crippen LogP contribution in [-0.2, 0) is 4.79 Å². The molecular weight excluding hydrogens is 233 g/mol. The van der Waals surface area contributed by atoms with Crippen LogP contribution in [0.15, 0.2) is 42.7 Å². The summed E-state index contributed by atoms with van der Waals surface area (Å²) >= 11 is 0. The van der Waals surface area contributed by atoms with Gasteiger partial charge in [-0.25, -0.2) is 4.39 Å². The van der Waals surface area contributed by atoms with E-state index in [9.17, 15) is 9.18 Å². The van der Waals surface area contributed by atoms with Crippen LogP contribution in [0.2, 0.25) is 0 Å². The average molecular weight is 247 g/mol. The highest BCUT2D eigenvalue weighted by atomic mass is 19.1. The zero-order valence-electron chi connectivity index (χ0n) is 10.0. The van der Waals surface area contributed by atoms with Gasteiger partial charge in [-0.15, -0.1) is 0 Å². The Balaban J connectivity index is 1.93. The molecule has 0 radical (unpaired) electrons. The maximum atomic E-state index is 12.9. The number of carbonyl (C=O) groups excluding carboxylic acids is 1. The fraction of sp³-hybridized carbons (Fsp3) is 0.231. The molecule has 1 amide bonds. The molecule has 2 aromatic rings. The second kappa shape index (κ2) is 5.44.